The van der Waals surface area contributed by atoms with Crippen molar-refractivity contribution in [2.24, 2.45) is 5.41 Å². The van der Waals surface area contributed by atoms with Gasteiger partial charge >= 0.3 is 6.09 Å². The van der Waals surface area contributed by atoms with E-state index in [1.807, 2.05) is 18.2 Å². The van der Waals surface area contributed by atoms with E-state index < -0.39 is 6.09 Å². The van der Waals surface area contributed by atoms with Gasteiger partial charge in [-0.05, 0) is 56.7 Å². The maximum Gasteiger partial charge on any atom is 0.407 e. The highest BCUT2D eigenvalue weighted by atomic mass is 16.4. The van der Waals surface area contributed by atoms with E-state index in [2.05, 4.69) is 23.2 Å². The highest BCUT2D eigenvalue weighted by molar-refractivity contribution is 6.06. The first kappa shape index (κ1) is 18.0. The molecule has 0 radical (unpaired) electrons. The molecule has 6 heteroatoms. The van der Waals surface area contributed by atoms with Gasteiger partial charge in [0.05, 0.1) is 5.41 Å². The van der Waals surface area contributed by atoms with Gasteiger partial charge in [-0.2, -0.15) is 0 Å². The van der Waals surface area contributed by atoms with Crippen molar-refractivity contribution in [3.63, 3.8) is 0 Å². The summed E-state index contributed by atoms with van der Waals surface area (Å²) >= 11 is 0. The Balaban J connectivity index is 1.27. The average molecular weight is 383 g/mol. The summed E-state index contributed by atoms with van der Waals surface area (Å²) < 4.78 is 0. The molecule has 2 unspecified atom stereocenters. The van der Waals surface area contributed by atoms with Crippen molar-refractivity contribution < 1.29 is 14.7 Å². The smallest absolute Gasteiger partial charge is 0.407 e. The van der Waals surface area contributed by atoms with E-state index in [4.69, 9.17) is 0 Å². The van der Waals surface area contributed by atoms with Gasteiger partial charge in [0.1, 0.15) is 0 Å². The van der Waals surface area contributed by atoms with E-state index in [9.17, 15) is 14.7 Å². The molecule has 1 aromatic carbocycles. The van der Waals surface area contributed by atoms with Crippen LogP contribution in [0.25, 0.3) is 0 Å². The van der Waals surface area contributed by atoms with E-state index in [0.29, 0.717) is 12.6 Å². The number of rotatable bonds is 2. The molecule has 3 heterocycles. The molecule has 2 amide bonds. The predicted octanol–water partition coefficient (Wildman–Crippen LogP) is 3.28. The lowest BCUT2D eigenvalue weighted by Crippen LogP contribution is -2.67. The number of benzene rings is 1. The summed E-state index contributed by atoms with van der Waals surface area (Å²) in [7, 11) is 0. The number of anilines is 1. The minimum atomic E-state index is -0.776. The third-order valence-electron chi connectivity index (χ3n) is 8.07. The number of fused-ring (bicyclic) bond motifs is 2. The number of nitrogens with zero attached hydrogens (tertiary/aromatic N) is 2. The fraction of sp³-hybridized carbons (Fsp3) is 0.636. The second kappa shape index (κ2) is 6.21. The van der Waals surface area contributed by atoms with Gasteiger partial charge in [-0.25, -0.2) is 4.79 Å². The SMILES string of the molecule is CCC1N(C(=O)O)CC12CCN(C1CCC3(CC1)C(=O)Nc1ccccc13)C2. The molecule has 1 saturated carbocycles. The van der Waals surface area contributed by atoms with Crippen LogP contribution in [0.3, 0.4) is 0 Å². The summed E-state index contributed by atoms with van der Waals surface area (Å²) in [6.07, 6.45) is 5.10. The number of para-hydroxylation sites is 1. The highest BCUT2D eigenvalue weighted by Crippen LogP contribution is 2.51. The normalized spacial score (nSPS) is 37.2. The maximum absolute atomic E-state index is 12.8. The fourth-order valence-electron chi connectivity index (χ4n) is 6.60. The van der Waals surface area contributed by atoms with E-state index in [0.717, 1.165) is 57.3 Å². The summed E-state index contributed by atoms with van der Waals surface area (Å²) in [5.74, 6) is 0.173. The second-order valence-electron chi connectivity index (χ2n) is 9.23. The van der Waals surface area contributed by atoms with Crippen molar-refractivity contribution in [1.82, 2.24) is 9.80 Å². The van der Waals surface area contributed by atoms with E-state index in [1.54, 1.807) is 4.90 Å². The Bertz CT molecular complexity index is 817. The summed E-state index contributed by atoms with van der Waals surface area (Å²) in [5, 5.41) is 12.5. The molecule has 28 heavy (non-hydrogen) atoms. The van der Waals surface area contributed by atoms with Crippen molar-refractivity contribution in [1.29, 1.82) is 0 Å². The van der Waals surface area contributed by atoms with Gasteiger partial charge in [0.2, 0.25) is 5.91 Å². The van der Waals surface area contributed by atoms with Crippen molar-refractivity contribution in [2.75, 3.05) is 25.0 Å². The standard InChI is InChI=1S/C22H29N3O3/c1-2-18-21(14-25(18)20(27)28)11-12-24(13-21)15-7-9-22(10-8-15)16-5-3-4-6-17(16)23-19(22)26/h3-6,15,18H,2,7-14H2,1H3,(H,23,26)(H,27,28). The number of hydrogen-bond donors (Lipinski definition) is 2. The molecule has 3 aliphatic heterocycles. The Morgan fingerprint density at radius 2 is 1.96 bits per heavy atom. The lowest BCUT2D eigenvalue weighted by atomic mass is 9.68. The van der Waals surface area contributed by atoms with Crippen LogP contribution < -0.4 is 5.32 Å². The second-order valence-corrected chi connectivity index (χ2v) is 9.23. The molecule has 1 aromatic rings. The first-order chi connectivity index (χ1) is 13.5. The van der Waals surface area contributed by atoms with Gasteiger partial charge in [0.25, 0.3) is 0 Å². The average Bonchev–Trinajstić information content (AvgIpc) is 3.24. The van der Waals surface area contributed by atoms with Gasteiger partial charge in [-0.1, -0.05) is 25.1 Å². The molecule has 0 bridgehead atoms. The molecule has 2 atom stereocenters. The number of carboxylic acid groups (broad SMARTS) is 1. The third kappa shape index (κ3) is 2.36. The number of carbonyl (C=O) groups is 2. The topological polar surface area (TPSA) is 72.9 Å². The van der Waals surface area contributed by atoms with Crippen molar-refractivity contribution in [3.8, 4) is 0 Å². The Morgan fingerprint density at radius 1 is 1.21 bits per heavy atom. The molecule has 5 rings (SSSR count). The minimum Gasteiger partial charge on any atom is -0.465 e. The number of nitrogens with one attached hydrogen (secondary N) is 1. The number of carbonyl (C=O) groups excluding carboxylic acids is 1. The number of hydrogen-bond acceptors (Lipinski definition) is 3. The third-order valence-corrected chi connectivity index (χ3v) is 8.07. The molecule has 2 saturated heterocycles. The molecule has 4 aliphatic rings. The predicted molar refractivity (Wildman–Crippen MR) is 106 cm³/mol. The Kier molecular flexibility index (Phi) is 3.99. The summed E-state index contributed by atoms with van der Waals surface area (Å²) in [6.45, 7) is 4.86. The molecule has 2 spiro atoms. The number of amides is 2. The Labute approximate surface area is 165 Å². The lowest BCUT2D eigenvalue weighted by molar-refractivity contribution is -0.122. The molecule has 1 aliphatic carbocycles. The molecular weight excluding hydrogens is 354 g/mol. The van der Waals surface area contributed by atoms with Crippen LogP contribution in [0, 0.1) is 5.41 Å². The van der Waals surface area contributed by atoms with Gasteiger partial charge in [0.15, 0.2) is 0 Å². The van der Waals surface area contributed by atoms with Crippen LogP contribution in [0.15, 0.2) is 24.3 Å². The summed E-state index contributed by atoms with van der Waals surface area (Å²) in [5.41, 5.74) is 1.98. The Hall–Kier alpha value is -2.08. The first-order valence-electron chi connectivity index (χ1n) is 10.6. The van der Waals surface area contributed by atoms with Crippen molar-refractivity contribution >= 4 is 17.7 Å². The molecular formula is C22H29N3O3. The van der Waals surface area contributed by atoms with Crippen molar-refractivity contribution in [2.45, 2.75) is 62.9 Å². The van der Waals surface area contributed by atoms with Crippen LogP contribution in [0.1, 0.15) is 51.0 Å². The molecule has 2 N–H and O–H groups in total. The van der Waals surface area contributed by atoms with E-state index >= 15 is 0 Å². The van der Waals surface area contributed by atoms with Gasteiger partial charge in [-0.15, -0.1) is 0 Å². The van der Waals surface area contributed by atoms with Crippen LogP contribution in [-0.4, -0.2) is 58.6 Å². The lowest BCUT2D eigenvalue weighted by Gasteiger charge is -2.55. The monoisotopic (exact) mass is 383 g/mol. The van der Waals surface area contributed by atoms with Crippen LogP contribution >= 0.6 is 0 Å². The highest BCUT2D eigenvalue weighted by Gasteiger charge is 2.58. The van der Waals surface area contributed by atoms with Crippen molar-refractivity contribution in [3.05, 3.63) is 29.8 Å². The number of likely N-dealkylation sites (tertiary alicyclic amines) is 2. The zero-order chi connectivity index (χ0) is 19.5. The zero-order valence-electron chi connectivity index (χ0n) is 16.5. The summed E-state index contributed by atoms with van der Waals surface area (Å²) in [6, 6.07) is 8.82. The molecule has 150 valence electrons. The van der Waals surface area contributed by atoms with Crippen LogP contribution in [0.2, 0.25) is 0 Å². The maximum atomic E-state index is 12.8. The molecule has 3 fully saturated rings. The van der Waals surface area contributed by atoms with Crippen LogP contribution in [0.5, 0.6) is 0 Å². The Morgan fingerprint density at radius 3 is 2.68 bits per heavy atom. The largest absolute Gasteiger partial charge is 0.465 e. The van der Waals surface area contributed by atoms with E-state index in [1.165, 1.54) is 5.56 Å². The molecule has 6 nitrogen and oxygen atoms in total. The quantitative estimate of drug-likeness (QED) is 0.822. The van der Waals surface area contributed by atoms with Gasteiger partial charge in [0, 0.05) is 36.3 Å². The van der Waals surface area contributed by atoms with Gasteiger partial charge in [-0.3, -0.25) is 9.69 Å². The fourth-order valence-corrected chi connectivity index (χ4v) is 6.60. The van der Waals surface area contributed by atoms with Crippen LogP contribution in [0.4, 0.5) is 10.5 Å². The zero-order valence-corrected chi connectivity index (χ0v) is 16.5. The summed E-state index contributed by atoms with van der Waals surface area (Å²) in [4.78, 5) is 28.4. The minimum absolute atomic E-state index is 0.152. The first-order valence-corrected chi connectivity index (χ1v) is 10.6. The van der Waals surface area contributed by atoms with Gasteiger partial charge < -0.3 is 15.3 Å². The van der Waals surface area contributed by atoms with E-state index in [-0.39, 0.29) is 22.8 Å². The molecule has 0 aromatic heterocycles. The van der Waals surface area contributed by atoms with Crippen LogP contribution in [-0.2, 0) is 10.2 Å².